The normalized spacial score (nSPS) is 16.2. The van der Waals surface area contributed by atoms with Gasteiger partial charge in [0, 0.05) is 17.0 Å². The van der Waals surface area contributed by atoms with Gasteiger partial charge in [-0.2, -0.15) is 0 Å². The van der Waals surface area contributed by atoms with Crippen LogP contribution in [0.1, 0.15) is 35.8 Å². The minimum Gasteiger partial charge on any atom is -0.309 e. The number of aryl methyl sites for hydroxylation is 1. The second-order valence-corrected chi connectivity index (χ2v) is 8.73. The van der Waals surface area contributed by atoms with Gasteiger partial charge in [0.05, 0.1) is 11.9 Å². The van der Waals surface area contributed by atoms with Crippen molar-refractivity contribution in [2.24, 2.45) is 0 Å². The summed E-state index contributed by atoms with van der Waals surface area (Å²) in [5, 5.41) is 2.49. The van der Waals surface area contributed by atoms with Gasteiger partial charge in [0.1, 0.15) is 16.5 Å². The number of nitrogens with zero attached hydrogens (tertiary/aromatic N) is 2. The Morgan fingerprint density at radius 1 is 1.20 bits per heavy atom. The highest BCUT2D eigenvalue weighted by molar-refractivity contribution is 7.17. The summed E-state index contributed by atoms with van der Waals surface area (Å²) in [6.07, 6.45) is 3.40. The van der Waals surface area contributed by atoms with E-state index in [2.05, 4.69) is 41.2 Å². The number of halogens is 1. The van der Waals surface area contributed by atoms with Crippen molar-refractivity contribution in [1.29, 1.82) is 0 Å². The largest absolute Gasteiger partial charge is 0.309 e. The highest BCUT2D eigenvalue weighted by Crippen LogP contribution is 2.34. The van der Waals surface area contributed by atoms with Crippen LogP contribution in [-0.2, 0) is 13.0 Å². The summed E-state index contributed by atoms with van der Waals surface area (Å²) in [7, 11) is 2.09. The lowest BCUT2D eigenvalue weighted by molar-refractivity contribution is 0.208. The van der Waals surface area contributed by atoms with Crippen molar-refractivity contribution in [3.05, 3.63) is 87.0 Å². The molecule has 1 N–H and O–H groups in total. The maximum atomic E-state index is 13.3. The first-order chi connectivity index (χ1) is 14.6. The highest BCUT2D eigenvalue weighted by atomic mass is 32.1. The van der Waals surface area contributed by atoms with E-state index in [0.717, 1.165) is 24.0 Å². The number of benzene rings is 2. The molecule has 0 aliphatic heterocycles. The number of hydrogen-bond acceptors (Lipinski definition) is 4. The fourth-order valence-electron chi connectivity index (χ4n) is 4.44. The highest BCUT2D eigenvalue weighted by Gasteiger charge is 2.24. The molecule has 0 saturated heterocycles. The zero-order valence-corrected chi connectivity index (χ0v) is 17.5. The lowest BCUT2D eigenvalue weighted by atomic mass is 9.87. The third kappa shape index (κ3) is 3.46. The van der Waals surface area contributed by atoms with Crippen LogP contribution in [-0.4, -0.2) is 21.9 Å². The fourth-order valence-corrected chi connectivity index (χ4v) is 5.41. The molecule has 0 radical (unpaired) electrons. The van der Waals surface area contributed by atoms with E-state index in [1.807, 2.05) is 5.38 Å². The summed E-state index contributed by atoms with van der Waals surface area (Å²) >= 11 is 1.45. The van der Waals surface area contributed by atoms with Crippen molar-refractivity contribution >= 4 is 21.6 Å². The molecule has 152 valence electrons. The summed E-state index contributed by atoms with van der Waals surface area (Å²) in [6, 6.07) is 15.2. The van der Waals surface area contributed by atoms with E-state index in [1.165, 1.54) is 41.0 Å². The minimum atomic E-state index is -0.292. The molecule has 1 aliphatic carbocycles. The quantitative estimate of drug-likeness (QED) is 0.488. The van der Waals surface area contributed by atoms with E-state index in [1.54, 1.807) is 12.1 Å². The van der Waals surface area contributed by atoms with Crippen molar-refractivity contribution < 1.29 is 4.39 Å². The standard InChI is InChI=1S/C24H22FN3OS/c1-28(20-8-4-6-15-5-2-3-7-18(15)20)13-21-26-23(29)22-19(14-30-24(22)27-21)16-9-11-17(25)12-10-16/h2-3,5,7,9-12,14,20H,4,6,8,13H2,1H3,(H,26,27,29). The molecule has 0 amide bonds. The lowest BCUT2D eigenvalue weighted by Gasteiger charge is -2.33. The predicted octanol–water partition coefficient (Wildman–Crippen LogP) is 5.30. The Kier molecular flexibility index (Phi) is 4.97. The monoisotopic (exact) mass is 419 g/mol. The van der Waals surface area contributed by atoms with Gasteiger partial charge in [0.25, 0.3) is 5.56 Å². The molecule has 1 atom stereocenters. The number of hydrogen-bond donors (Lipinski definition) is 1. The third-order valence-corrected chi connectivity index (χ3v) is 6.79. The van der Waals surface area contributed by atoms with E-state index in [9.17, 15) is 9.18 Å². The van der Waals surface area contributed by atoms with Gasteiger partial charge in [0.2, 0.25) is 0 Å². The van der Waals surface area contributed by atoms with Gasteiger partial charge in [-0.3, -0.25) is 9.69 Å². The summed E-state index contributed by atoms with van der Waals surface area (Å²) in [6.45, 7) is 0.577. The summed E-state index contributed by atoms with van der Waals surface area (Å²) in [5.74, 6) is 0.380. The molecule has 0 fully saturated rings. The average molecular weight is 420 g/mol. The van der Waals surface area contributed by atoms with Crippen LogP contribution in [0.3, 0.4) is 0 Å². The first-order valence-corrected chi connectivity index (χ1v) is 11.0. The van der Waals surface area contributed by atoms with Gasteiger partial charge in [-0.1, -0.05) is 36.4 Å². The minimum absolute atomic E-state index is 0.145. The average Bonchev–Trinajstić information content (AvgIpc) is 3.18. The van der Waals surface area contributed by atoms with E-state index < -0.39 is 0 Å². The molecule has 0 bridgehead atoms. The van der Waals surface area contributed by atoms with Gasteiger partial charge in [0.15, 0.2) is 0 Å². The number of rotatable bonds is 4. The Morgan fingerprint density at radius 3 is 2.83 bits per heavy atom. The van der Waals surface area contributed by atoms with Crippen molar-refractivity contribution in [3.63, 3.8) is 0 Å². The number of aromatic nitrogens is 2. The summed E-state index contributed by atoms with van der Waals surface area (Å²) in [4.78, 5) is 23.6. The first kappa shape index (κ1) is 19.2. The molecular weight excluding hydrogens is 397 g/mol. The molecule has 0 spiro atoms. The maximum absolute atomic E-state index is 13.3. The Morgan fingerprint density at radius 2 is 2.00 bits per heavy atom. The van der Waals surface area contributed by atoms with Crippen molar-refractivity contribution in [2.75, 3.05) is 7.05 Å². The van der Waals surface area contributed by atoms with Gasteiger partial charge < -0.3 is 4.98 Å². The Balaban J connectivity index is 1.45. The van der Waals surface area contributed by atoms with Crippen LogP contribution in [0.5, 0.6) is 0 Å². The van der Waals surface area contributed by atoms with Crippen LogP contribution in [0.4, 0.5) is 4.39 Å². The van der Waals surface area contributed by atoms with Crippen LogP contribution in [0.2, 0.25) is 0 Å². The van der Waals surface area contributed by atoms with Gasteiger partial charge in [-0.25, -0.2) is 9.37 Å². The number of nitrogens with one attached hydrogen (secondary N) is 1. The van der Waals surface area contributed by atoms with Gasteiger partial charge in [-0.05, 0) is 55.1 Å². The second kappa shape index (κ2) is 7.78. The van der Waals surface area contributed by atoms with E-state index >= 15 is 0 Å². The van der Waals surface area contributed by atoms with Crippen LogP contribution in [0, 0.1) is 5.82 Å². The molecule has 2 heterocycles. The maximum Gasteiger partial charge on any atom is 0.260 e. The predicted molar refractivity (Wildman–Crippen MR) is 119 cm³/mol. The summed E-state index contributed by atoms with van der Waals surface area (Å²) in [5.41, 5.74) is 4.26. The second-order valence-electron chi connectivity index (χ2n) is 7.87. The molecule has 5 rings (SSSR count). The first-order valence-electron chi connectivity index (χ1n) is 10.1. The van der Waals surface area contributed by atoms with Crippen molar-refractivity contribution in [1.82, 2.24) is 14.9 Å². The lowest BCUT2D eigenvalue weighted by Crippen LogP contribution is -2.29. The van der Waals surface area contributed by atoms with Crippen molar-refractivity contribution in [3.8, 4) is 11.1 Å². The van der Waals surface area contributed by atoms with E-state index in [-0.39, 0.29) is 11.4 Å². The third-order valence-electron chi connectivity index (χ3n) is 5.92. The molecule has 1 aliphatic rings. The molecule has 2 aromatic carbocycles. The van der Waals surface area contributed by atoms with Crippen LogP contribution < -0.4 is 5.56 Å². The van der Waals surface area contributed by atoms with Crippen LogP contribution in [0.25, 0.3) is 21.3 Å². The SMILES string of the molecule is CN(Cc1nc2scc(-c3ccc(F)cc3)c2c(=O)[nH]1)C1CCCc2ccccc21. The van der Waals surface area contributed by atoms with E-state index in [0.29, 0.717) is 28.6 Å². The summed E-state index contributed by atoms with van der Waals surface area (Å²) < 4.78 is 13.3. The molecule has 4 nitrogen and oxygen atoms in total. The molecule has 1 unspecified atom stereocenters. The van der Waals surface area contributed by atoms with Gasteiger partial charge >= 0.3 is 0 Å². The number of fused-ring (bicyclic) bond motifs is 2. The molecule has 4 aromatic rings. The van der Waals surface area contributed by atoms with Gasteiger partial charge in [-0.15, -0.1) is 11.3 Å². The number of H-pyrrole nitrogens is 1. The molecular formula is C24H22FN3OS. The Bertz CT molecular complexity index is 1260. The zero-order chi connectivity index (χ0) is 20.7. The molecule has 2 aromatic heterocycles. The Hall–Kier alpha value is -2.83. The van der Waals surface area contributed by atoms with Crippen molar-refractivity contribution in [2.45, 2.75) is 31.8 Å². The molecule has 0 saturated carbocycles. The molecule has 6 heteroatoms. The Labute approximate surface area is 178 Å². The zero-order valence-electron chi connectivity index (χ0n) is 16.7. The fraction of sp³-hybridized carbons (Fsp3) is 0.250. The van der Waals surface area contributed by atoms with Crippen LogP contribution >= 0.6 is 11.3 Å². The van der Waals surface area contributed by atoms with Crippen LogP contribution in [0.15, 0.2) is 58.7 Å². The number of thiophene rings is 1. The molecule has 30 heavy (non-hydrogen) atoms. The smallest absolute Gasteiger partial charge is 0.260 e. The number of aromatic amines is 1. The topological polar surface area (TPSA) is 49.0 Å². The van der Waals surface area contributed by atoms with E-state index in [4.69, 9.17) is 4.98 Å².